The van der Waals surface area contributed by atoms with E-state index in [1.807, 2.05) is 42.5 Å². The van der Waals surface area contributed by atoms with E-state index in [0.29, 0.717) is 17.9 Å². The third kappa shape index (κ3) is 4.92. The number of nitrogen functional groups attached to an aromatic ring is 1. The summed E-state index contributed by atoms with van der Waals surface area (Å²) in [6, 6.07) is 19.0. The summed E-state index contributed by atoms with van der Waals surface area (Å²) in [6.45, 7) is 3.29. The van der Waals surface area contributed by atoms with Crippen LogP contribution in [0.2, 0.25) is 0 Å². The summed E-state index contributed by atoms with van der Waals surface area (Å²) in [7, 11) is 0. The average Bonchev–Trinajstić information content (AvgIpc) is 3.35. The molecule has 0 aliphatic carbocycles. The first kappa shape index (κ1) is 23.9. The Bertz CT molecular complexity index is 1330. The first-order chi connectivity index (χ1) is 18.2. The van der Waals surface area contributed by atoms with Crippen molar-refractivity contribution in [3.05, 3.63) is 67.1 Å². The summed E-state index contributed by atoms with van der Waals surface area (Å²) in [5.74, 6) is 2.11. The molecule has 0 saturated carbocycles. The number of piperidine rings is 2. The zero-order valence-electron chi connectivity index (χ0n) is 21.0. The van der Waals surface area contributed by atoms with Gasteiger partial charge in [-0.1, -0.05) is 30.3 Å². The highest BCUT2D eigenvalue weighted by Crippen LogP contribution is 2.38. The molecule has 37 heavy (non-hydrogen) atoms. The normalized spacial score (nSPS) is 21.3. The van der Waals surface area contributed by atoms with Gasteiger partial charge in [-0.15, -0.1) is 0 Å². The lowest BCUT2D eigenvalue weighted by molar-refractivity contribution is 0.0892. The molecule has 2 aliphatic rings. The number of fused-ring (bicyclic) bond motifs is 1. The van der Waals surface area contributed by atoms with Gasteiger partial charge in [-0.25, -0.2) is 9.97 Å². The molecule has 2 aliphatic heterocycles. The van der Waals surface area contributed by atoms with E-state index in [4.69, 9.17) is 10.5 Å². The summed E-state index contributed by atoms with van der Waals surface area (Å²) in [5, 5.41) is 13.9. The molecule has 0 bridgehead atoms. The second-order valence-corrected chi connectivity index (χ2v) is 10.1. The Balaban J connectivity index is 1.23. The van der Waals surface area contributed by atoms with E-state index in [2.05, 4.69) is 43.1 Å². The molecule has 8 nitrogen and oxygen atoms in total. The number of anilines is 1. The predicted octanol–water partition coefficient (Wildman–Crippen LogP) is 4.22. The number of nitrogens with one attached hydrogen (secondary N) is 1. The maximum absolute atomic E-state index is 9.59. The summed E-state index contributed by atoms with van der Waals surface area (Å²) < 4.78 is 8.29. The number of rotatable bonds is 6. The van der Waals surface area contributed by atoms with Crippen LogP contribution >= 0.6 is 0 Å². The van der Waals surface area contributed by atoms with Crippen LogP contribution in [0.4, 0.5) is 5.82 Å². The molecule has 0 amide bonds. The smallest absolute Gasteiger partial charge is 0.146 e. The summed E-state index contributed by atoms with van der Waals surface area (Å²) in [6.07, 6.45) is 8.05. The van der Waals surface area contributed by atoms with E-state index in [0.717, 1.165) is 79.0 Å². The Morgan fingerprint density at radius 2 is 1.70 bits per heavy atom. The molecule has 4 heterocycles. The van der Waals surface area contributed by atoms with Crippen LogP contribution in [0.1, 0.15) is 31.7 Å². The minimum absolute atomic E-state index is 0.214. The molecule has 192 valence electrons. The van der Waals surface area contributed by atoms with Gasteiger partial charge in [0.1, 0.15) is 29.3 Å². The van der Waals surface area contributed by atoms with Crippen molar-refractivity contribution in [1.29, 1.82) is 0 Å². The fourth-order valence-corrected chi connectivity index (χ4v) is 5.92. The van der Waals surface area contributed by atoms with Gasteiger partial charge in [0.05, 0.1) is 12.0 Å². The molecular formula is C29H34N6O2. The van der Waals surface area contributed by atoms with Crippen molar-refractivity contribution in [3.8, 4) is 22.6 Å². The molecule has 2 saturated heterocycles. The highest BCUT2D eigenvalue weighted by molar-refractivity contribution is 6.00. The highest BCUT2D eigenvalue weighted by atomic mass is 16.5. The maximum Gasteiger partial charge on any atom is 0.146 e. The summed E-state index contributed by atoms with van der Waals surface area (Å²) >= 11 is 0. The quantitative estimate of drug-likeness (QED) is 0.366. The fourth-order valence-electron chi connectivity index (χ4n) is 5.92. The van der Waals surface area contributed by atoms with Gasteiger partial charge in [0, 0.05) is 43.0 Å². The van der Waals surface area contributed by atoms with Crippen molar-refractivity contribution in [1.82, 2.24) is 24.8 Å². The van der Waals surface area contributed by atoms with Gasteiger partial charge in [0.25, 0.3) is 0 Å². The monoisotopic (exact) mass is 498 g/mol. The Kier molecular flexibility index (Phi) is 6.78. The second kappa shape index (κ2) is 10.5. The summed E-state index contributed by atoms with van der Waals surface area (Å²) in [4.78, 5) is 11.6. The number of hydrogen-bond acceptors (Lipinski definition) is 7. The second-order valence-electron chi connectivity index (χ2n) is 10.1. The third-order valence-corrected chi connectivity index (χ3v) is 7.88. The van der Waals surface area contributed by atoms with E-state index in [-0.39, 0.29) is 12.6 Å². The van der Waals surface area contributed by atoms with Gasteiger partial charge in [-0.3, -0.25) is 0 Å². The van der Waals surface area contributed by atoms with Gasteiger partial charge < -0.3 is 30.4 Å². The van der Waals surface area contributed by atoms with Crippen molar-refractivity contribution >= 4 is 16.9 Å². The van der Waals surface area contributed by atoms with Crippen molar-refractivity contribution in [3.63, 3.8) is 0 Å². The lowest BCUT2D eigenvalue weighted by Gasteiger charge is -2.41. The largest absolute Gasteiger partial charge is 0.457 e. The number of aliphatic hydroxyl groups is 1. The number of nitrogens with two attached hydrogens (primary N) is 1. The minimum Gasteiger partial charge on any atom is -0.457 e. The van der Waals surface area contributed by atoms with Gasteiger partial charge in [0.2, 0.25) is 0 Å². The standard InChI is InChI=1S/C29H34N6O2/c30-28-27-26(20-6-8-25(9-7-20)37-24-4-2-1-3-5-24)17-35(29(27)33-19-32-28)22-11-14-34(15-12-22)23-10-13-31-21(16-23)18-36/h1-9,17,19,21-23,31,36H,10-16,18H2,(H2,30,32,33). The Labute approximate surface area is 217 Å². The molecule has 0 radical (unpaired) electrons. The van der Waals surface area contributed by atoms with E-state index in [1.54, 1.807) is 6.33 Å². The van der Waals surface area contributed by atoms with Crippen LogP contribution in [0.3, 0.4) is 0 Å². The van der Waals surface area contributed by atoms with Gasteiger partial charge in [-0.2, -0.15) is 0 Å². The van der Waals surface area contributed by atoms with Gasteiger partial charge in [0.15, 0.2) is 0 Å². The molecule has 2 atom stereocenters. The van der Waals surface area contributed by atoms with Crippen molar-refractivity contribution in [2.75, 3.05) is 32.0 Å². The zero-order valence-corrected chi connectivity index (χ0v) is 21.0. The average molecular weight is 499 g/mol. The van der Waals surface area contributed by atoms with Crippen molar-refractivity contribution in [2.24, 2.45) is 0 Å². The molecule has 4 N–H and O–H groups in total. The third-order valence-electron chi connectivity index (χ3n) is 7.88. The van der Waals surface area contributed by atoms with E-state index in [1.165, 1.54) is 0 Å². The Hall–Kier alpha value is -3.46. The molecule has 0 spiro atoms. The lowest BCUT2D eigenvalue weighted by atomic mass is 9.95. The van der Waals surface area contributed by atoms with E-state index >= 15 is 0 Å². The van der Waals surface area contributed by atoms with Crippen LogP contribution in [0.15, 0.2) is 67.1 Å². The molecule has 2 unspecified atom stereocenters. The van der Waals surface area contributed by atoms with E-state index in [9.17, 15) is 5.11 Å². The van der Waals surface area contributed by atoms with Gasteiger partial charge in [-0.05, 0) is 62.1 Å². The molecular weight excluding hydrogens is 464 g/mol. The topological polar surface area (TPSA) is 101 Å². The zero-order chi connectivity index (χ0) is 25.2. The first-order valence-electron chi connectivity index (χ1n) is 13.2. The number of ether oxygens (including phenoxy) is 1. The van der Waals surface area contributed by atoms with Crippen LogP contribution in [0.5, 0.6) is 11.5 Å². The number of aliphatic hydroxyl groups excluding tert-OH is 1. The number of hydrogen-bond donors (Lipinski definition) is 3. The number of para-hydroxylation sites is 1. The number of aromatic nitrogens is 3. The molecule has 2 aromatic heterocycles. The maximum atomic E-state index is 9.59. The van der Waals surface area contributed by atoms with Crippen LogP contribution < -0.4 is 15.8 Å². The number of nitrogens with zero attached hydrogens (tertiary/aromatic N) is 4. The van der Waals surface area contributed by atoms with Crippen molar-refractivity contribution in [2.45, 2.75) is 43.8 Å². The number of likely N-dealkylation sites (tertiary alicyclic amines) is 1. The number of benzene rings is 2. The molecule has 2 fully saturated rings. The first-order valence-corrected chi connectivity index (χ1v) is 13.2. The molecule has 4 aromatic rings. The fraction of sp³-hybridized carbons (Fsp3) is 0.379. The Morgan fingerprint density at radius 1 is 0.946 bits per heavy atom. The SMILES string of the molecule is Nc1ncnc2c1c(-c1ccc(Oc3ccccc3)cc1)cn2C1CCN(C2CCNC(CO)C2)CC1. The lowest BCUT2D eigenvalue weighted by Crippen LogP contribution is -2.51. The van der Waals surface area contributed by atoms with Crippen LogP contribution in [0, 0.1) is 0 Å². The minimum atomic E-state index is 0.214. The highest BCUT2D eigenvalue weighted by Gasteiger charge is 2.30. The van der Waals surface area contributed by atoms with Crippen LogP contribution in [-0.2, 0) is 0 Å². The van der Waals surface area contributed by atoms with Crippen LogP contribution in [-0.4, -0.2) is 62.9 Å². The predicted molar refractivity (Wildman–Crippen MR) is 146 cm³/mol. The molecule has 8 heteroatoms. The molecule has 6 rings (SSSR count). The summed E-state index contributed by atoms with van der Waals surface area (Å²) in [5.41, 5.74) is 9.40. The van der Waals surface area contributed by atoms with Gasteiger partial charge >= 0.3 is 0 Å². The van der Waals surface area contributed by atoms with E-state index < -0.39 is 0 Å². The van der Waals surface area contributed by atoms with Crippen molar-refractivity contribution < 1.29 is 9.84 Å². The molecule has 2 aromatic carbocycles. The van der Waals surface area contributed by atoms with Crippen LogP contribution in [0.25, 0.3) is 22.2 Å². The Morgan fingerprint density at radius 3 is 2.46 bits per heavy atom.